The molecule has 2 rings (SSSR count). The zero-order valence-corrected chi connectivity index (χ0v) is 12.8. The number of fused-ring (bicyclic) bond motifs is 1. The highest BCUT2D eigenvalue weighted by Gasteiger charge is 2.26. The van der Waals surface area contributed by atoms with Gasteiger partial charge < -0.3 is 14.5 Å². The van der Waals surface area contributed by atoms with Crippen LogP contribution in [-0.2, 0) is 11.2 Å². The van der Waals surface area contributed by atoms with Gasteiger partial charge in [0, 0.05) is 31.6 Å². The quantitative estimate of drug-likeness (QED) is 0.823. The van der Waals surface area contributed by atoms with Crippen molar-refractivity contribution in [2.45, 2.75) is 19.4 Å². The number of nitrogens with zero attached hydrogens (tertiary/aromatic N) is 2. The molecule has 0 unspecified atom stereocenters. The molecule has 0 bridgehead atoms. The van der Waals surface area contributed by atoms with Crippen molar-refractivity contribution in [3.05, 3.63) is 29.8 Å². The van der Waals surface area contributed by atoms with Crippen LogP contribution in [0, 0.1) is 5.92 Å². The Hall–Kier alpha value is -1.55. The highest BCUT2D eigenvalue weighted by Crippen LogP contribution is 2.25. The van der Waals surface area contributed by atoms with E-state index in [4.69, 9.17) is 4.74 Å². The van der Waals surface area contributed by atoms with Crippen molar-refractivity contribution in [2.75, 3.05) is 34.2 Å². The van der Waals surface area contributed by atoms with E-state index < -0.39 is 0 Å². The van der Waals surface area contributed by atoms with Gasteiger partial charge in [0.1, 0.15) is 11.9 Å². The zero-order valence-electron chi connectivity index (χ0n) is 12.8. The molecule has 1 aliphatic rings. The van der Waals surface area contributed by atoms with Gasteiger partial charge in [0.25, 0.3) is 0 Å². The molecule has 0 saturated carbocycles. The fourth-order valence-corrected chi connectivity index (χ4v) is 2.57. The average molecular weight is 276 g/mol. The molecule has 4 heteroatoms. The number of benzene rings is 1. The maximum absolute atomic E-state index is 12.2. The second-order valence-electron chi connectivity index (χ2n) is 5.95. The summed E-state index contributed by atoms with van der Waals surface area (Å²) in [7, 11) is 5.96. The van der Waals surface area contributed by atoms with Crippen molar-refractivity contribution in [1.29, 1.82) is 0 Å². The van der Waals surface area contributed by atoms with Crippen molar-refractivity contribution < 1.29 is 9.53 Å². The molecular formula is C16H24N2O2. The van der Waals surface area contributed by atoms with E-state index in [1.807, 2.05) is 50.3 Å². The normalized spacial score (nSPS) is 23.6. The third-order valence-corrected chi connectivity index (χ3v) is 3.76. The Bertz CT molecular complexity index is 473. The number of likely N-dealkylation sites (N-methyl/N-ethyl adjacent to an activating group) is 2. The predicted octanol–water partition coefficient (Wildman–Crippen LogP) is 1.65. The van der Waals surface area contributed by atoms with Gasteiger partial charge in [-0.3, -0.25) is 4.79 Å². The van der Waals surface area contributed by atoms with Crippen LogP contribution in [0.4, 0.5) is 0 Å². The molecule has 0 spiro atoms. The highest BCUT2D eigenvalue weighted by molar-refractivity contribution is 5.79. The summed E-state index contributed by atoms with van der Waals surface area (Å²) in [5, 5.41) is 0. The van der Waals surface area contributed by atoms with E-state index in [0.717, 1.165) is 24.4 Å². The molecule has 4 nitrogen and oxygen atoms in total. The summed E-state index contributed by atoms with van der Waals surface area (Å²) in [5.41, 5.74) is 0.974. The van der Waals surface area contributed by atoms with Gasteiger partial charge in [-0.15, -0.1) is 0 Å². The first kappa shape index (κ1) is 14.9. The number of carbonyl (C=O) groups is 1. The summed E-state index contributed by atoms with van der Waals surface area (Å²) >= 11 is 0. The zero-order chi connectivity index (χ0) is 14.7. The minimum absolute atomic E-state index is 0.0829. The van der Waals surface area contributed by atoms with Crippen molar-refractivity contribution in [3.63, 3.8) is 0 Å². The summed E-state index contributed by atoms with van der Waals surface area (Å²) < 4.78 is 6.22. The third kappa shape index (κ3) is 3.51. The van der Waals surface area contributed by atoms with Crippen molar-refractivity contribution in [1.82, 2.24) is 9.80 Å². The number of hydrogen-bond acceptors (Lipinski definition) is 3. The van der Waals surface area contributed by atoms with Gasteiger partial charge in [0.2, 0.25) is 5.91 Å². The Morgan fingerprint density at radius 2 is 2.05 bits per heavy atom. The first-order valence-electron chi connectivity index (χ1n) is 7.10. The van der Waals surface area contributed by atoms with Crippen LogP contribution < -0.4 is 4.74 Å². The maximum Gasteiger partial charge on any atom is 0.226 e. The van der Waals surface area contributed by atoms with Crippen LogP contribution in [-0.4, -0.2) is 56.0 Å². The molecular weight excluding hydrogens is 252 g/mol. The van der Waals surface area contributed by atoms with Gasteiger partial charge in [-0.25, -0.2) is 0 Å². The molecule has 0 fully saturated rings. The molecule has 1 aromatic rings. The molecule has 1 aliphatic heterocycles. The van der Waals surface area contributed by atoms with Crippen molar-refractivity contribution in [2.24, 2.45) is 5.92 Å². The van der Waals surface area contributed by atoms with E-state index in [1.54, 1.807) is 0 Å². The topological polar surface area (TPSA) is 32.8 Å². The molecule has 0 aliphatic carbocycles. The lowest BCUT2D eigenvalue weighted by atomic mass is 10.0. The molecule has 1 aromatic carbocycles. The van der Waals surface area contributed by atoms with Crippen molar-refractivity contribution in [3.8, 4) is 5.75 Å². The van der Waals surface area contributed by atoms with Crippen LogP contribution in [0.1, 0.15) is 12.5 Å². The van der Waals surface area contributed by atoms with Gasteiger partial charge in [0.15, 0.2) is 0 Å². The highest BCUT2D eigenvalue weighted by atomic mass is 16.5. The summed E-state index contributed by atoms with van der Waals surface area (Å²) in [6.07, 6.45) is 0.494. The third-order valence-electron chi connectivity index (χ3n) is 3.76. The summed E-state index contributed by atoms with van der Waals surface area (Å²) in [6.45, 7) is 3.72. The number of carbonyl (C=O) groups excluding carboxylic acids is 1. The molecule has 2 atom stereocenters. The van der Waals surface area contributed by atoms with Gasteiger partial charge in [-0.2, -0.15) is 0 Å². The molecule has 1 amide bonds. The summed E-state index contributed by atoms with van der Waals surface area (Å²) in [4.78, 5) is 16.2. The molecule has 110 valence electrons. The first-order chi connectivity index (χ1) is 9.47. The summed E-state index contributed by atoms with van der Waals surface area (Å²) in [5.74, 6) is 1.28. The SMILES string of the molecule is C[C@H]1CN(C)C(=O)Cc2ccccc2O[C@@H]1CN(C)C. The minimum atomic E-state index is 0.0829. The standard InChI is InChI=1S/C16H24N2O2/c1-12-10-18(4)16(19)9-13-7-5-6-8-14(13)20-15(12)11-17(2)3/h5-8,12,15H,9-11H2,1-4H3/t12-,15+/m0/s1. The second kappa shape index (κ2) is 6.27. The number of hydrogen-bond donors (Lipinski definition) is 0. The number of amides is 1. The van der Waals surface area contributed by atoms with Crippen molar-refractivity contribution >= 4 is 5.91 Å². The predicted molar refractivity (Wildman–Crippen MR) is 79.9 cm³/mol. The monoisotopic (exact) mass is 276 g/mol. The fourth-order valence-electron chi connectivity index (χ4n) is 2.57. The van der Waals surface area contributed by atoms with E-state index in [0.29, 0.717) is 6.42 Å². The molecule has 20 heavy (non-hydrogen) atoms. The van der Waals surface area contributed by atoms with Crippen LogP contribution in [0.25, 0.3) is 0 Å². The van der Waals surface area contributed by atoms with Gasteiger partial charge in [-0.1, -0.05) is 25.1 Å². The maximum atomic E-state index is 12.2. The Morgan fingerprint density at radius 3 is 2.75 bits per heavy atom. The van der Waals surface area contributed by atoms with Gasteiger partial charge in [0.05, 0.1) is 6.42 Å². The van der Waals surface area contributed by atoms with Crippen LogP contribution >= 0.6 is 0 Å². The van der Waals surface area contributed by atoms with E-state index in [9.17, 15) is 4.79 Å². The van der Waals surface area contributed by atoms with E-state index in [2.05, 4.69) is 11.8 Å². The van der Waals surface area contributed by atoms with Crippen LogP contribution in [0.5, 0.6) is 5.75 Å². The van der Waals surface area contributed by atoms with Crippen LogP contribution in [0.3, 0.4) is 0 Å². The van der Waals surface area contributed by atoms with Crippen LogP contribution in [0.15, 0.2) is 24.3 Å². The van der Waals surface area contributed by atoms with Gasteiger partial charge in [-0.05, 0) is 20.2 Å². The average Bonchev–Trinajstić information content (AvgIpc) is 2.42. The molecule has 0 radical (unpaired) electrons. The Kier molecular flexibility index (Phi) is 4.65. The van der Waals surface area contributed by atoms with E-state index in [1.165, 1.54) is 0 Å². The summed E-state index contributed by atoms with van der Waals surface area (Å²) in [6, 6.07) is 7.85. The lowest BCUT2D eigenvalue weighted by molar-refractivity contribution is -0.129. The second-order valence-corrected chi connectivity index (χ2v) is 5.95. The molecule has 0 saturated heterocycles. The minimum Gasteiger partial charge on any atom is -0.488 e. The first-order valence-corrected chi connectivity index (χ1v) is 7.10. The Morgan fingerprint density at radius 1 is 1.35 bits per heavy atom. The number of para-hydroxylation sites is 1. The Balaban J connectivity index is 2.32. The molecule has 0 N–H and O–H groups in total. The van der Waals surface area contributed by atoms with E-state index >= 15 is 0 Å². The molecule has 0 aromatic heterocycles. The van der Waals surface area contributed by atoms with Crippen LogP contribution in [0.2, 0.25) is 0 Å². The fraction of sp³-hybridized carbons (Fsp3) is 0.562. The lowest BCUT2D eigenvalue weighted by Gasteiger charge is -2.29. The number of ether oxygens (including phenoxy) is 1. The lowest BCUT2D eigenvalue weighted by Crippen LogP contribution is -2.41. The number of rotatable bonds is 2. The van der Waals surface area contributed by atoms with E-state index in [-0.39, 0.29) is 17.9 Å². The largest absolute Gasteiger partial charge is 0.488 e. The molecule has 1 heterocycles. The van der Waals surface area contributed by atoms with Gasteiger partial charge >= 0.3 is 0 Å². The Labute approximate surface area is 121 Å². The smallest absolute Gasteiger partial charge is 0.226 e.